The van der Waals surface area contributed by atoms with Crippen LogP contribution in [0.1, 0.15) is 15.9 Å². The first-order valence-electron chi connectivity index (χ1n) is 9.46. The first kappa shape index (κ1) is 19.4. The molecule has 0 atom stereocenters. The van der Waals surface area contributed by atoms with Crippen molar-refractivity contribution in [1.82, 2.24) is 9.97 Å². The van der Waals surface area contributed by atoms with Crippen molar-refractivity contribution in [2.45, 2.75) is 6.42 Å². The number of aromatic nitrogens is 2. The standard InChI is InChI=1S/C23H21N3O4/c1-29-20-6-3-14(11-21(20)30-2)7-10-25-22-17-8-9-24-13-18(17)16-5-4-15(23(27)28)12-19(16)26-22/h3-6,8-9,11-13H,7,10H2,1-2H3,(H,25,26)(H,27,28). The molecule has 0 aliphatic rings. The van der Waals surface area contributed by atoms with Crippen LogP contribution in [0.3, 0.4) is 0 Å². The van der Waals surface area contributed by atoms with E-state index < -0.39 is 5.97 Å². The van der Waals surface area contributed by atoms with Crippen molar-refractivity contribution >= 4 is 33.5 Å². The monoisotopic (exact) mass is 403 g/mol. The number of hydrogen-bond donors (Lipinski definition) is 2. The Bertz CT molecular complexity index is 1240. The predicted molar refractivity (Wildman–Crippen MR) is 116 cm³/mol. The molecule has 4 rings (SSSR count). The molecule has 0 amide bonds. The zero-order chi connectivity index (χ0) is 21.1. The lowest BCUT2D eigenvalue weighted by molar-refractivity contribution is 0.0697. The van der Waals surface area contributed by atoms with Gasteiger partial charge >= 0.3 is 5.97 Å². The molecule has 0 saturated heterocycles. The molecule has 0 spiro atoms. The van der Waals surface area contributed by atoms with Crippen molar-refractivity contribution in [2.24, 2.45) is 0 Å². The van der Waals surface area contributed by atoms with Crippen LogP contribution in [-0.2, 0) is 6.42 Å². The van der Waals surface area contributed by atoms with Gasteiger partial charge in [-0.15, -0.1) is 0 Å². The minimum atomic E-state index is -0.979. The summed E-state index contributed by atoms with van der Waals surface area (Å²) in [5.41, 5.74) is 1.92. The Morgan fingerprint density at radius 2 is 1.83 bits per heavy atom. The maximum atomic E-state index is 11.3. The van der Waals surface area contributed by atoms with Crippen LogP contribution in [0.2, 0.25) is 0 Å². The highest BCUT2D eigenvalue weighted by Gasteiger charge is 2.11. The summed E-state index contributed by atoms with van der Waals surface area (Å²) in [5, 5.41) is 15.4. The molecule has 2 aromatic carbocycles. The molecular weight excluding hydrogens is 382 g/mol. The Morgan fingerprint density at radius 3 is 2.60 bits per heavy atom. The topological polar surface area (TPSA) is 93.6 Å². The zero-order valence-corrected chi connectivity index (χ0v) is 16.7. The van der Waals surface area contributed by atoms with Gasteiger partial charge in [0.2, 0.25) is 0 Å². The fourth-order valence-corrected chi connectivity index (χ4v) is 3.48. The Morgan fingerprint density at radius 1 is 1.00 bits per heavy atom. The lowest BCUT2D eigenvalue weighted by atomic mass is 10.1. The van der Waals surface area contributed by atoms with Gasteiger partial charge in [-0.3, -0.25) is 4.98 Å². The van der Waals surface area contributed by atoms with E-state index in [4.69, 9.17) is 14.5 Å². The van der Waals surface area contributed by atoms with E-state index in [2.05, 4.69) is 10.3 Å². The van der Waals surface area contributed by atoms with E-state index in [0.717, 1.165) is 28.1 Å². The first-order valence-corrected chi connectivity index (χ1v) is 9.46. The highest BCUT2D eigenvalue weighted by Crippen LogP contribution is 2.30. The lowest BCUT2D eigenvalue weighted by Gasteiger charge is -2.13. The van der Waals surface area contributed by atoms with E-state index in [0.29, 0.717) is 29.4 Å². The molecule has 2 heterocycles. The van der Waals surface area contributed by atoms with E-state index >= 15 is 0 Å². The van der Waals surface area contributed by atoms with Crippen molar-refractivity contribution in [3.05, 3.63) is 66.0 Å². The number of nitrogens with zero attached hydrogens (tertiary/aromatic N) is 2. The first-order chi connectivity index (χ1) is 14.6. The minimum absolute atomic E-state index is 0.203. The van der Waals surface area contributed by atoms with E-state index in [1.165, 1.54) is 0 Å². The van der Waals surface area contributed by atoms with E-state index in [9.17, 15) is 9.90 Å². The van der Waals surface area contributed by atoms with Crippen LogP contribution < -0.4 is 14.8 Å². The third-order valence-electron chi connectivity index (χ3n) is 5.00. The van der Waals surface area contributed by atoms with Gasteiger partial charge in [0.15, 0.2) is 11.5 Å². The Labute approximate surface area is 173 Å². The Balaban J connectivity index is 1.64. The minimum Gasteiger partial charge on any atom is -0.493 e. The molecule has 152 valence electrons. The molecule has 0 saturated carbocycles. The van der Waals surface area contributed by atoms with E-state index in [-0.39, 0.29) is 5.56 Å². The summed E-state index contributed by atoms with van der Waals surface area (Å²) in [7, 11) is 3.23. The number of nitrogens with one attached hydrogen (secondary N) is 1. The number of aromatic carboxylic acids is 1. The highest BCUT2D eigenvalue weighted by molar-refractivity contribution is 6.10. The Kier molecular flexibility index (Phi) is 5.34. The molecule has 2 aromatic heterocycles. The number of carboxylic acid groups (broad SMARTS) is 1. The second-order valence-corrected chi connectivity index (χ2v) is 6.78. The fraction of sp³-hybridized carbons (Fsp3) is 0.174. The van der Waals surface area contributed by atoms with Gasteiger partial charge in [0.25, 0.3) is 0 Å². The van der Waals surface area contributed by atoms with Gasteiger partial charge < -0.3 is 19.9 Å². The van der Waals surface area contributed by atoms with Crippen LogP contribution in [0, 0.1) is 0 Å². The third-order valence-corrected chi connectivity index (χ3v) is 5.00. The smallest absolute Gasteiger partial charge is 0.335 e. The molecule has 30 heavy (non-hydrogen) atoms. The molecule has 2 N–H and O–H groups in total. The second kappa shape index (κ2) is 8.24. The van der Waals surface area contributed by atoms with Crippen molar-refractivity contribution in [2.75, 3.05) is 26.1 Å². The van der Waals surface area contributed by atoms with Crippen molar-refractivity contribution < 1.29 is 19.4 Å². The van der Waals surface area contributed by atoms with Gasteiger partial charge in [-0.25, -0.2) is 9.78 Å². The average molecular weight is 403 g/mol. The fourth-order valence-electron chi connectivity index (χ4n) is 3.48. The molecule has 7 nitrogen and oxygen atoms in total. The third kappa shape index (κ3) is 3.69. The summed E-state index contributed by atoms with van der Waals surface area (Å²) < 4.78 is 10.6. The van der Waals surface area contributed by atoms with Crippen LogP contribution in [0.5, 0.6) is 11.5 Å². The molecule has 4 aromatic rings. The number of anilines is 1. The van der Waals surface area contributed by atoms with Gasteiger partial charge in [-0.2, -0.15) is 0 Å². The highest BCUT2D eigenvalue weighted by atomic mass is 16.5. The number of carbonyl (C=O) groups is 1. The van der Waals surface area contributed by atoms with Gasteiger partial charge in [0, 0.05) is 35.1 Å². The number of hydrogen-bond acceptors (Lipinski definition) is 6. The summed E-state index contributed by atoms with van der Waals surface area (Å²) in [6, 6.07) is 12.7. The predicted octanol–water partition coefficient (Wildman–Crippen LogP) is 4.15. The number of methoxy groups -OCH3 is 2. The van der Waals surface area contributed by atoms with Crippen LogP contribution >= 0.6 is 0 Å². The molecule has 0 bridgehead atoms. The number of benzene rings is 2. The van der Waals surface area contributed by atoms with E-state index in [1.54, 1.807) is 44.8 Å². The van der Waals surface area contributed by atoms with Gasteiger partial charge in [-0.05, 0) is 42.3 Å². The SMILES string of the molecule is COc1ccc(CCNc2nc3cc(C(=O)O)ccc3c3cnccc23)cc1OC. The van der Waals surface area contributed by atoms with Crippen LogP contribution in [0.15, 0.2) is 54.9 Å². The van der Waals surface area contributed by atoms with Crippen molar-refractivity contribution in [1.29, 1.82) is 0 Å². The summed E-state index contributed by atoms with van der Waals surface area (Å²) in [6.07, 6.45) is 4.25. The number of fused-ring (bicyclic) bond motifs is 3. The van der Waals surface area contributed by atoms with Crippen molar-refractivity contribution in [3.63, 3.8) is 0 Å². The summed E-state index contributed by atoms with van der Waals surface area (Å²) >= 11 is 0. The molecule has 7 heteroatoms. The maximum Gasteiger partial charge on any atom is 0.335 e. The Hall–Kier alpha value is -3.87. The summed E-state index contributed by atoms with van der Waals surface area (Å²) in [6.45, 7) is 0.643. The van der Waals surface area contributed by atoms with Crippen LogP contribution in [-0.4, -0.2) is 41.8 Å². The molecule has 0 unspecified atom stereocenters. The van der Waals surface area contributed by atoms with Gasteiger partial charge in [0.1, 0.15) is 5.82 Å². The molecule has 0 fully saturated rings. The number of ether oxygens (including phenoxy) is 2. The largest absolute Gasteiger partial charge is 0.493 e. The average Bonchev–Trinajstić information content (AvgIpc) is 2.78. The van der Waals surface area contributed by atoms with Crippen molar-refractivity contribution in [3.8, 4) is 11.5 Å². The zero-order valence-electron chi connectivity index (χ0n) is 16.7. The number of rotatable bonds is 7. The summed E-state index contributed by atoms with van der Waals surface area (Å²) in [4.78, 5) is 20.3. The molecule has 0 aliphatic carbocycles. The maximum absolute atomic E-state index is 11.3. The molecule has 0 aliphatic heterocycles. The van der Waals surface area contributed by atoms with E-state index in [1.807, 2.05) is 24.3 Å². The molecule has 0 radical (unpaired) electrons. The second-order valence-electron chi connectivity index (χ2n) is 6.78. The van der Waals surface area contributed by atoms with Gasteiger partial charge in [0.05, 0.1) is 25.3 Å². The van der Waals surface area contributed by atoms with Crippen LogP contribution in [0.25, 0.3) is 21.7 Å². The van der Waals surface area contributed by atoms with Crippen LogP contribution in [0.4, 0.5) is 5.82 Å². The summed E-state index contributed by atoms with van der Waals surface area (Å²) in [5.74, 6) is 1.10. The number of carboxylic acids is 1. The number of pyridine rings is 2. The van der Waals surface area contributed by atoms with Gasteiger partial charge in [-0.1, -0.05) is 12.1 Å². The normalized spacial score (nSPS) is 10.9. The lowest BCUT2D eigenvalue weighted by Crippen LogP contribution is -2.07. The molecular formula is C23H21N3O4. The quantitative estimate of drug-likeness (QED) is 0.448.